The van der Waals surface area contributed by atoms with Crippen molar-refractivity contribution < 1.29 is 24.5 Å². The fraction of sp³-hybridized carbons (Fsp3) is 0.611. The van der Waals surface area contributed by atoms with Gasteiger partial charge in [0.25, 0.3) is 0 Å². The molecule has 1 atom stereocenters. The van der Waals surface area contributed by atoms with Gasteiger partial charge in [0.05, 0.1) is 6.61 Å². The van der Waals surface area contributed by atoms with Gasteiger partial charge in [0, 0.05) is 32.2 Å². The molecule has 2 rings (SSSR count). The van der Waals surface area contributed by atoms with Crippen LogP contribution in [0.1, 0.15) is 24.8 Å². The van der Waals surface area contributed by atoms with E-state index < -0.39 is 5.97 Å². The molecule has 0 saturated carbocycles. The second-order valence-electron chi connectivity index (χ2n) is 6.54. The summed E-state index contributed by atoms with van der Waals surface area (Å²) in [5.74, 6) is -0.423. The molecule has 1 aliphatic rings. The topological polar surface area (TPSA) is 79.2 Å². The van der Waals surface area contributed by atoms with Crippen molar-refractivity contribution in [3.63, 3.8) is 0 Å². The van der Waals surface area contributed by atoms with E-state index in [0.717, 1.165) is 44.5 Å². The molecule has 24 heavy (non-hydrogen) atoms. The third-order valence-electron chi connectivity index (χ3n) is 4.60. The average molecular weight is 337 g/mol. The number of likely N-dealkylation sites (tertiary alicyclic amines) is 1. The number of methoxy groups -OCH3 is 1. The zero-order chi connectivity index (χ0) is 17.4. The number of ether oxygens (including phenoxy) is 2. The number of piperidine rings is 1. The predicted octanol–water partition coefficient (Wildman–Crippen LogP) is 1.76. The van der Waals surface area contributed by atoms with Crippen molar-refractivity contribution in [1.29, 1.82) is 0 Å². The first-order chi connectivity index (χ1) is 11.6. The number of carboxylic acids is 1. The van der Waals surface area contributed by atoms with Crippen LogP contribution in [0.25, 0.3) is 0 Å². The van der Waals surface area contributed by atoms with Gasteiger partial charge in [0.1, 0.15) is 5.75 Å². The Morgan fingerprint density at radius 2 is 2.08 bits per heavy atom. The highest BCUT2D eigenvalue weighted by Crippen LogP contribution is 2.33. The molecule has 6 nitrogen and oxygen atoms in total. The molecule has 1 saturated heterocycles. The van der Waals surface area contributed by atoms with E-state index in [1.807, 2.05) is 12.1 Å². The molecule has 2 N–H and O–H groups in total. The van der Waals surface area contributed by atoms with Crippen molar-refractivity contribution in [3.8, 4) is 5.75 Å². The third kappa shape index (κ3) is 5.47. The van der Waals surface area contributed by atoms with Crippen LogP contribution in [0.15, 0.2) is 24.3 Å². The van der Waals surface area contributed by atoms with E-state index >= 15 is 0 Å². The van der Waals surface area contributed by atoms with Gasteiger partial charge in [-0.05, 0) is 43.5 Å². The largest absolute Gasteiger partial charge is 0.482 e. The van der Waals surface area contributed by atoms with Gasteiger partial charge in [0.15, 0.2) is 6.61 Å². The van der Waals surface area contributed by atoms with Gasteiger partial charge in [0.2, 0.25) is 0 Å². The predicted molar refractivity (Wildman–Crippen MR) is 90.1 cm³/mol. The summed E-state index contributed by atoms with van der Waals surface area (Å²) in [4.78, 5) is 12.9. The monoisotopic (exact) mass is 337 g/mol. The Morgan fingerprint density at radius 1 is 1.33 bits per heavy atom. The number of carboxylic acid groups (broad SMARTS) is 1. The summed E-state index contributed by atoms with van der Waals surface area (Å²) >= 11 is 0. The van der Waals surface area contributed by atoms with E-state index in [0.29, 0.717) is 12.4 Å². The molecule has 1 aromatic carbocycles. The highest BCUT2D eigenvalue weighted by atomic mass is 16.5. The second-order valence-corrected chi connectivity index (χ2v) is 6.54. The minimum absolute atomic E-state index is 0.0706. The highest BCUT2D eigenvalue weighted by Gasteiger charge is 2.34. The van der Waals surface area contributed by atoms with Gasteiger partial charge >= 0.3 is 5.97 Å². The Balaban J connectivity index is 1.91. The lowest BCUT2D eigenvalue weighted by Crippen LogP contribution is -2.45. The minimum atomic E-state index is -0.983. The van der Waals surface area contributed by atoms with Crippen LogP contribution < -0.4 is 4.74 Å². The van der Waals surface area contributed by atoms with Crippen LogP contribution >= 0.6 is 0 Å². The first-order valence-electron chi connectivity index (χ1n) is 8.33. The summed E-state index contributed by atoms with van der Waals surface area (Å²) in [7, 11) is 1.69. The van der Waals surface area contributed by atoms with Gasteiger partial charge in [-0.1, -0.05) is 12.1 Å². The summed E-state index contributed by atoms with van der Waals surface area (Å²) in [5, 5.41) is 18.5. The van der Waals surface area contributed by atoms with Crippen LogP contribution in [0.3, 0.4) is 0 Å². The van der Waals surface area contributed by atoms with Crippen LogP contribution in [-0.2, 0) is 16.1 Å². The second kappa shape index (κ2) is 9.01. The van der Waals surface area contributed by atoms with Gasteiger partial charge in [-0.15, -0.1) is 0 Å². The van der Waals surface area contributed by atoms with E-state index in [9.17, 15) is 9.90 Å². The molecule has 1 aromatic rings. The molecule has 0 unspecified atom stereocenters. The van der Waals surface area contributed by atoms with E-state index in [1.165, 1.54) is 0 Å². The Labute approximate surface area is 143 Å². The normalized spacial score (nSPS) is 21.6. The SMILES string of the molecule is COCC[C@]1(CO)CCCN(Cc2ccc(OCC(=O)O)cc2)C1. The highest BCUT2D eigenvalue weighted by molar-refractivity contribution is 5.68. The van der Waals surface area contributed by atoms with Crippen LogP contribution in [0.4, 0.5) is 0 Å². The van der Waals surface area contributed by atoms with Crippen molar-refractivity contribution in [1.82, 2.24) is 4.90 Å². The Kier molecular flexibility index (Phi) is 7.02. The molecular formula is C18H27NO5. The molecule has 1 aliphatic heterocycles. The van der Waals surface area contributed by atoms with Crippen molar-refractivity contribution in [3.05, 3.63) is 29.8 Å². The number of nitrogens with zero attached hydrogens (tertiary/aromatic N) is 1. The number of aliphatic carboxylic acids is 1. The van der Waals surface area contributed by atoms with Crippen molar-refractivity contribution in [2.45, 2.75) is 25.8 Å². The fourth-order valence-electron chi connectivity index (χ4n) is 3.27. The molecule has 134 valence electrons. The lowest BCUT2D eigenvalue weighted by Gasteiger charge is -2.42. The Bertz CT molecular complexity index is 519. The van der Waals surface area contributed by atoms with Crippen LogP contribution in [0, 0.1) is 5.41 Å². The summed E-state index contributed by atoms with van der Waals surface area (Å²) < 4.78 is 10.3. The summed E-state index contributed by atoms with van der Waals surface area (Å²) in [6, 6.07) is 7.52. The zero-order valence-corrected chi connectivity index (χ0v) is 14.2. The standard InChI is InChI=1S/C18H27NO5/c1-23-10-8-18(14-20)7-2-9-19(13-18)11-15-3-5-16(6-4-15)24-12-17(21)22/h3-6,20H,2,7-14H2,1H3,(H,21,22)/t18-/m1/s1. The summed E-state index contributed by atoms with van der Waals surface area (Å²) in [6.07, 6.45) is 2.98. The minimum Gasteiger partial charge on any atom is -0.482 e. The van der Waals surface area contributed by atoms with Gasteiger partial charge in [-0.25, -0.2) is 4.79 Å². The summed E-state index contributed by atoms with van der Waals surface area (Å²) in [6.45, 7) is 3.23. The van der Waals surface area contributed by atoms with Crippen molar-refractivity contribution >= 4 is 5.97 Å². The first-order valence-corrected chi connectivity index (χ1v) is 8.33. The first kappa shape index (κ1) is 18.7. The third-order valence-corrected chi connectivity index (χ3v) is 4.60. The number of hydrogen-bond donors (Lipinski definition) is 2. The molecule has 1 fully saturated rings. The molecule has 0 aromatic heterocycles. The van der Waals surface area contributed by atoms with Gasteiger partial charge in [-0.2, -0.15) is 0 Å². The summed E-state index contributed by atoms with van der Waals surface area (Å²) in [5.41, 5.74) is 1.08. The Hall–Kier alpha value is -1.63. The molecule has 0 aliphatic carbocycles. The van der Waals surface area contributed by atoms with E-state index in [-0.39, 0.29) is 18.6 Å². The lowest BCUT2D eigenvalue weighted by molar-refractivity contribution is -0.139. The lowest BCUT2D eigenvalue weighted by atomic mass is 9.78. The van der Waals surface area contributed by atoms with Crippen molar-refractivity contribution in [2.24, 2.45) is 5.41 Å². The Morgan fingerprint density at radius 3 is 2.71 bits per heavy atom. The van der Waals surface area contributed by atoms with Crippen LogP contribution in [0.5, 0.6) is 5.75 Å². The maximum atomic E-state index is 10.5. The zero-order valence-electron chi connectivity index (χ0n) is 14.2. The number of aliphatic hydroxyl groups excluding tert-OH is 1. The van der Waals surface area contributed by atoms with E-state index in [1.54, 1.807) is 19.2 Å². The van der Waals surface area contributed by atoms with Gasteiger partial charge < -0.3 is 19.7 Å². The quantitative estimate of drug-likeness (QED) is 0.715. The molecule has 0 spiro atoms. The molecule has 0 bridgehead atoms. The fourth-order valence-corrected chi connectivity index (χ4v) is 3.27. The average Bonchev–Trinajstić information content (AvgIpc) is 2.59. The van der Waals surface area contributed by atoms with E-state index in [2.05, 4.69) is 4.90 Å². The smallest absolute Gasteiger partial charge is 0.341 e. The molecule has 0 amide bonds. The molecule has 6 heteroatoms. The van der Waals surface area contributed by atoms with Gasteiger partial charge in [-0.3, -0.25) is 4.90 Å². The van der Waals surface area contributed by atoms with Crippen LogP contribution in [0.2, 0.25) is 0 Å². The van der Waals surface area contributed by atoms with Crippen molar-refractivity contribution in [2.75, 3.05) is 40.0 Å². The maximum absolute atomic E-state index is 10.5. The van der Waals surface area contributed by atoms with Crippen LogP contribution in [-0.4, -0.2) is 61.1 Å². The number of aliphatic hydroxyl groups is 1. The number of benzene rings is 1. The maximum Gasteiger partial charge on any atom is 0.341 e. The number of hydrogen-bond acceptors (Lipinski definition) is 5. The number of rotatable bonds is 9. The molecular weight excluding hydrogens is 310 g/mol. The molecule has 0 radical (unpaired) electrons. The van der Waals surface area contributed by atoms with E-state index in [4.69, 9.17) is 14.6 Å². The number of carbonyl (C=O) groups is 1. The molecule has 1 heterocycles.